The number of nitrogens with zero attached hydrogens (tertiary/aromatic N) is 2. The van der Waals surface area contributed by atoms with E-state index in [1.807, 2.05) is 0 Å². The SMILES string of the molecule is c1ccc(-c2c(-c3ccc(N(c4ccc(-c5cccc6ccccc56)cc4)c4cccc(-c5cccc6ccccc56)c4)cc3)cccc2-n2c3ccccc3c3ccccc32)cc1. The topological polar surface area (TPSA) is 8.17 Å². The van der Waals surface area contributed by atoms with Crippen LogP contribution in [-0.4, -0.2) is 4.57 Å². The van der Waals surface area contributed by atoms with E-state index in [1.165, 1.54) is 82.3 Å². The van der Waals surface area contributed by atoms with Gasteiger partial charge in [0.05, 0.1) is 16.7 Å². The third-order valence-corrected chi connectivity index (χ3v) is 12.8. The summed E-state index contributed by atoms with van der Waals surface area (Å²) in [5.41, 5.74) is 16.3. The largest absolute Gasteiger partial charge is 0.310 e. The molecule has 0 N–H and O–H groups in total. The predicted octanol–water partition coefficient (Wildman–Crippen LogP) is 17.2. The quantitative estimate of drug-likeness (QED) is 0.148. The van der Waals surface area contributed by atoms with Crippen LogP contribution in [0.4, 0.5) is 17.1 Å². The molecule has 2 heteroatoms. The van der Waals surface area contributed by atoms with Crippen molar-refractivity contribution in [3.05, 3.63) is 255 Å². The van der Waals surface area contributed by atoms with Crippen molar-refractivity contribution >= 4 is 60.4 Å². The molecule has 0 aliphatic heterocycles. The smallest absolute Gasteiger partial charge is 0.0546 e. The van der Waals surface area contributed by atoms with Gasteiger partial charge in [-0.15, -0.1) is 0 Å². The first kappa shape index (κ1) is 37.3. The molecule has 0 saturated heterocycles. The van der Waals surface area contributed by atoms with Gasteiger partial charge in [0.2, 0.25) is 0 Å². The van der Waals surface area contributed by atoms with Gasteiger partial charge in [0.25, 0.3) is 0 Å². The van der Waals surface area contributed by atoms with Gasteiger partial charge in [0.1, 0.15) is 0 Å². The number of hydrogen-bond donors (Lipinski definition) is 0. The Balaban J connectivity index is 1.01. The first-order chi connectivity index (χ1) is 31.8. The molecule has 12 aromatic rings. The molecule has 1 heterocycles. The zero-order valence-electron chi connectivity index (χ0n) is 35.1. The average molecular weight is 815 g/mol. The summed E-state index contributed by atoms with van der Waals surface area (Å²) in [6.07, 6.45) is 0. The Kier molecular flexibility index (Phi) is 9.20. The van der Waals surface area contributed by atoms with E-state index in [9.17, 15) is 0 Å². The molecule has 0 bridgehead atoms. The second-order valence-electron chi connectivity index (χ2n) is 16.5. The maximum Gasteiger partial charge on any atom is 0.0546 e. The summed E-state index contributed by atoms with van der Waals surface area (Å²) in [6, 6.07) is 92.7. The summed E-state index contributed by atoms with van der Waals surface area (Å²) >= 11 is 0. The van der Waals surface area contributed by atoms with Crippen molar-refractivity contribution in [3.63, 3.8) is 0 Å². The molecule has 0 unspecified atom stereocenters. The first-order valence-corrected chi connectivity index (χ1v) is 22.0. The van der Waals surface area contributed by atoms with E-state index in [-0.39, 0.29) is 0 Å². The van der Waals surface area contributed by atoms with Crippen molar-refractivity contribution in [1.82, 2.24) is 4.57 Å². The molecule has 0 atom stereocenters. The van der Waals surface area contributed by atoms with E-state index in [0.29, 0.717) is 0 Å². The van der Waals surface area contributed by atoms with E-state index >= 15 is 0 Å². The third-order valence-electron chi connectivity index (χ3n) is 12.8. The Morgan fingerprint density at radius 1 is 0.266 bits per heavy atom. The standard InChI is InChI=1S/C62H42N2/c1-2-18-47(19-3-1)62-56(30-15-33-61(62)64-59-31-10-8-26-57(59)58-27-9-11-32-60(58)64)46-36-40-50(41-37-46)63(49-38-34-45(35-39-49)54-28-13-20-43-16-4-6-24-52(43)54)51-23-12-22-48(42-51)55-29-14-21-44-17-5-7-25-53(44)55/h1-42H. The van der Waals surface area contributed by atoms with E-state index in [0.717, 1.165) is 28.3 Å². The first-order valence-electron chi connectivity index (χ1n) is 22.0. The van der Waals surface area contributed by atoms with Crippen LogP contribution in [0.15, 0.2) is 255 Å². The Bertz CT molecular complexity index is 3590. The van der Waals surface area contributed by atoms with Gasteiger partial charge in [-0.1, -0.05) is 200 Å². The van der Waals surface area contributed by atoms with Crippen molar-refractivity contribution in [1.29, 1.82) is 0 Å². The molecule has 12 rings (SSSR count). The average Bonchev–Trinajstić information content (AvgIpc) is 3.71. The second kappa shape index (κ2) is 15.8. The predicted molar refractivity (Wildman–Crippen MR) is 272 cm³/mol. The molecule has 0 aliphatic carbocycles. The third kappa shape index (κ3) is 6.44. The molecule has 0 spiro atoms. The van der Waals surface area contributed by atoms with Crippen LogP contribution in [-0.2, 0) is 0 Å². The van der Waals surface area contributed by atoms with Crippen LogP contribution < -0.4 is 4.90 Å². The van der Waals surface area contributed by atoms with E-state index in [1.54, 1.807) is 0 Å². The van der Waals surface area contributed by atoms with Gasteiger partial charge in [-0.3, -0.25) is 0 Å². The van der Waals surface area contributed by atoms with Crippen LogP contribution in [0.2, 0.25) is 0 Å². The highest BCUT2D eigenvalue weighted by atomic mass is 15.1. The molecule has 2 nitrogen and oxygen atoms in total. The zero-order valence-corrected chi connectivity index (χ0v) is 35.1. The fourth-order valence-corrected chi connectivity index (χ4v) is 9.85. The van der Waals surface area contributed by atoms with Gasteiger partial charge in [0.15, 0.2) is 0 Å². The number of benzene rings is 11. The van der Waals surface area contributed by atoms with Gasteiger partial charge in [-0.05, 0) is 115 Å². The van der Waals surface area contributed by atoms with Gasteiger partial charge >= 0.3 is 0 Å². The number of anilines is 3. The van der Waals surface area contributed by atoms with Crippen molar-refractivity contribution in [2.75, 3.05) is 4.90 Å². The number of para-hydroxylation sites is 2. The highest BCUT2D eigenvalue weighted by Crippen LogP contribution is 2.44. The van der Waals surface area contributed by atoms with Crippen molar-refractivity contribution in [2.24, 2.45) is 0 Å². The molecule has 0 saturated carbocycles. The lowest BCUT2D eigenvalue weighted by Gasteiger charge is -2.27. The molecule has 0 amide bonds. The lowest BCUT2D eigenvalue weighted by Crippen LogP contribution is -2.10. The van der Waals surface area contributed by atoms with Crippen LogP contribution in [0.3, 0.4) is 0 Å². The van der Waals surface area contributed by atoms with Crippen molar-refractivity contribution < 1.29 is 0 Å². The van der Waals surface area contributed by atoms with E-state index in [2.05, 4.69) is 264 Å². The van der Waals surface area contributed by atoms with Gasteiger partial charge in [0, 0.05) is 33.4 Å². The minimum atomic E-state index is 1.08. The van der Waals surface area contributed by atoms with Gasteiger partial charge in [-0.2, -0.15) is 0 Å². The molecule has 0 radical (unpaired) electrons. The van der Waals surface area contributed by atoms with Crippen LogP contribution in [0, 0.1) is 0 Å². The fraction of sp³-hybridized carbons (Fsp3) is 0. The molecule has 300 valence electrons. The summed E-state index contributed by atoms with van der Waals surface area (Å²) < 4.78 is 2.44. The minimum Gasteiger partial charge on any atom is -0.310 e. The van der Waals surface area contributed by atoms with Gasteiger partial charge in [-0.25, -0.2) is 0 Å². The number of aromatic nitrogens is 1. The number of fused-ring (bicyclic) bond motifs is 5. The lowest BCUT2D eigenvalue weighted by atomic mass is 9.92. The van der Waals surface area contributed by atoms with Crippen LogP contribution in [0.5, 0.6) is 0 Å². The summed E-state index contributed by atoms with van der Waals surface area (Å²) in [6.45, 7) is 0. The number of hydrogen-bond acceptors (Lipinski definition) is 1. The summed E-state index contributed by atoms with van der Waals surface area (Å²) in [5.74, 6) is 0. The maximum absolute atomic E-state index is 2.44. The van der Waals surface area contributed by atoms with Crippen molar-refractivity contribution in [3.8, 4) is 50.2 Å². The van der Waals surface area contributed by atoms with Crippen LogP contribution >= 0.6 is 0 Å². The highest BCUT2D eigenvalue weighted by molar-refractivity contribution is 6.10. The van der Waals surface area contributed by atoms with Crippen LogP contribution in [0.1, 0.15) is 0 Å². The molecule has 1 aromatic heterocycles. The number of rotatable bonds is 8. The van der Waals surface area contributed by atoms with E-state index in [4.69, 9.17) is 0 Å². The summed E-state index contributed by atoms with van der Waals surface area (Å²) in [5, 5.41) is 7.48. The second-order valence-corrected chi connectivity index (χ2v) is 16.5. The van der Waals surface area contributed by atoms with Gasteiger partial charge < -0.3 is 9.47 Å². The molecular formula is C62H42N2. The summed E-state index contributed by atoms with van der Waals surface area (Å²) in [7, 11) is 0. The highest BCUT2D eigenvalue weighted by Gasteiger charge is 2.20. The Morgan fingerprint density at radius 3 is 1.31 bits per heavy atom. The molecule has 0 fully saturated rings. The molecule has 64 heavy (non-hydrogen) atoms. The van der Waals surface area contributed by atoms with Crippen LogP contribution in [0.25, 0.3) is 93.5 Å². The van der Waals surface area contributed by atoms with Crippen molar-refractivity contribution in [2.45, 2.75) is 0 Å². The Labute approximate surface area is 373 Å². The molecule has 0 aliphatic rings. The summed E-state index contributed by atoms with van der Waals surface area (Å²) in [4.78, 5) is 2.39. The minimum absolute atomic E-state index is 1.08. The Hall–Kier alpha value is -8.46. The zero-order chi connectivity index (χ0) is 42.4. The normalized spacial score (nSPS) is 11.4. The lowest BCUT2D eigenvalue weighted by molar-refractivity contribution is 1.18. The monoisotopic (exact) mass is 814 g/mol. The molecule has 11 aromatic carbocycles. The Morgan fingerprint density at radius 2 is 0.703 bits per heavy atom. The fourth-order valence-electron chi connectivity index (χ4n) is 9.85. The molecular weight excluding hydrogens is 773 g/mol. The maximum atomic E-state index is 2.44. The van der Waals surface area contributed by atoms with E-state index < -0.39 is 0 Å².